The minimum atomic E-state index is -4.75. The van der Waals surface area contributed by atoms with Crippen LogP contribution >= 0.6 is 11.8 Å². The van der Waals surface area contributed by atoms with Gasteiger partial charge >= 0.3 is 12.4 Å². The van der Waals surface area contributed by atoms with E-state index in [1.54, 1.807) is 4.90 Å². The Morgan fingerprint density at radius 1 is 1.11 bits per heavy atom. The fourth-order valence-corrected chi connectivity index (χ4v) is 6.14. The summed E-state index contributed by atoms with van der Waals surface area (Å²) in [5.41, 5.74) is 5.59. The van der Waals surface area contributed by atoms with Crippen LogP contribution in [0.5, 0.6) is 5.75 Å². The average molecular weight is 621 g/mol. The summed E-state index contributed by atoms with van der Waals surface area (Å²) in [4.78, 5) is 35.3. The number of rotatable bonds is 8. The number of amides is 3. The number of amidine groups is 1. The summed E-state index contributed by atoms with van der Waals surface area (Å²) < 4.78 is 42.5. The largest absolute Gasteiger partial charge is 0.573 e. The number of benzene rings is 3. The number of nitrogens with one attached hydrogen (secondary N) is 1. The quantitative estimate of drug-likeness (QED) is 0.233. The lowest BCUT2D eigenvalue weighted by atomic mass is 9.77. The molecule has 1 unspecified atom stereocenters. The van der Waals surface area contributed by atoms with Crippen LogP contribution in [-0.2, 0) is 17.6 Å². The summed E-state index contributed by atoms with van der Waals surface area (Å²) in [6, 6.07) is 18.5. The number of carbonyl (C=O) groups excluding carboxylic acids is 2. The van der Waals surface area contributed by atoms with Crippen molar-refractivity contribution in [2.24, 2.45) is 4.99 Å². The summed E-state index contributed by atoms with van der Waals surface area (Å²) in [5, 5.41) is 7.65. The SMILES string of the molecule is CC1Cc2cccc(N3C(=O)CSC3=NC(=O)NCCCc3ccc(-c4ncn(-c5ccc(OC(F)(F)F)cc5)n4)cc3)c21. The van der Waals surface area contributed by atoms with Crippen molar-refractivity contribution in [2.45, 2.75) is 38.5 Å². The Kier molecular flexibility index (Phi) is 8.13. The zero-order valence-electron chi connectivity index (χ0n) is 23.5. The highest BCUT2D eigenvalue weighted by Crippen LogP contribution is 2.43. The van der Waals surface area contributed by atoms with Gasteiger partial charge in [0.25, 0.3) is 0 Å². The van der Waals surface area contributed by atoms with E-state index >= 15 is 0 Å². The number of aryl methyl sites for hydroxylation is 1. The number of fused-ring (bicyclic) bond motifs is 1. The van der Waals surface area contributed by atoms with Crippen molar-refractivity contribution < 1.29 is 27.5 Å². The molecule has 1 atom stereocenters. The molecule has 9 nitrogen and oxygen atoms in total. The van der Waals surface area contributed by atoms with Crippen molar-refractivity contribution in [1.82, 2.24) is 20.1 Å². The second kappa shape index (κ2) is 12.2. The molecule has 1 aliphatic carbocycles. The zero-order valence-corrected chi connectivity index (χ0v) is 24.4. The van der Waals surface area contributed by atoms with E-state index in [0.717, 1.165) is 35.2 Å². The maximum Gasteiger partial charge on any atom is 0.573 e. The predicted molar refractivity (Wildman–Crippen MR) is 161 cm³/mol. The van der Waals surface area contributed by atoms with Crippen LogP contribution in [0.4, 0.5) is 23.7 Å². The van der Waals surface area contributed by atoms with Crippen molar-refractivity contribution in [2.75, 3.05) is 17.2 Å². The highest BCUT2D eigenvalue weighted by molar-refractivity contribution is 8.15. The first kappa shape index (κ1) is 29.4. The number of hydrogen-bond donors (Lipinski definition) is 1. The molecule has 4 aromatic rings. The molecular formula is C31H27F3N6O3S. The molecule has 1 aliphatic heterocycles. The highest BCUT2D eigenvalue weighted by Gasteiger charge is 2.36. The van der Waals surface area contributed by atoms with Gasteiger partial charge in [-0.15, -0.1) is 18.3 Å². The van der Waals surface area contributed by atoms with E-state index in [2.05, 4.69) is 38.1 Å². The number of ether oxygens (including phenoxy) is 1. The second-order valence-electron chi connectivity index (χ2n) is 10.5. The number of halogens is 3. The lowest BCUT2D eigenvalue weighted by Gasteiger charge is -2.32. The summed E-state index contributed by atoms with van der Waals surface area (Å²) in [7, 11) is 0. The smallest absolute Gasteiger partial charge is 0.406 e. The molecule has 13 heteroatoms. The van der Waals surface area contributed by atoms with Crippen molar-refractivity contribution in [3.8, 4) is 22.8 Å². The van der Waals surface area contributed by atoms with Gasteiger partial charge in [-0.25, -0.2) is 14.5 Å². The third-order valence-electron chi connectivity index (χ3n) is 7.35. The van der Waals surface area contributed by atoms with Gasteiger partial charge in [0.15, 0.2) is 11.0 Å². The number of hydrogen-bond acceptors (Lipinski definition) is 6. The standard InChI is InChI=1S/C31H27F3N6O3S/c1-19-16-22-5-2-6-25(27(19)22)40-26(41)17-44-30(40)37-29(42)35-15-3-4-20-7-9-21(10-8-20)28-36-18-39(38-28)23-11-13-24(14-12-23)43-31(32,33)34/h2,5-14,18-19H,3-4,15-17H2,1H3,(H,35,42). The Hall–Kier alpha value is -4.65. The van der Waals surface area contributed by atoms with E-state index in [0.29, 0.717) is 35.6 Å². The summed E-state index contributed by atoms with van der Waals surface area (Å²) in [5.74, 6) is 0.701. The van der Waals surface area contributed by atoms with Crippen LogP contribution in [0.15, 0.2) is 78.0 Å². The molecule has 226 valence electrons. The Bertz CT molecular complexity index is 1720. The average Bonchev–Trinajstić information content (AvgIpc) is 3.61. The predicted octanol–water partition coefficient (Wildman–Crippen LogP) is 6.27. The topological polar surface area (TPSA) is 102 Å². The number of thioether (sulfide) groups is 1. The van der Waals surface area contributed by atoms with Crippen molar-refractivity contribution in [3.63, 3.8) is 0 Å². The second-order valence-corrected chi connectivity index (χ2v) is 11.4. The number of nitrogens with zero attached hydrogens (tertiary/aromatic N) is 5. The number of anilines is 1. The molecule has 2 aliphatic rings. The Morgan fingerprint density at radius 2 is 1.89 bits per heavy atom. The molecule has 3 aromatic carbocycles. The Labute approximate surface area is 255 Å². The molecule has 0 bridgehead atoms. The fraction of sp³-hybridized carbons (Fsp3) is 0.258. The fourth-order valence-electron chi connectivity index (χ4n) is 5.28. The van der Waals surface area contributed by atoms with Crippen LogP contribution in [0.3, 0.4) is 0 Å². The Morgan fingerprint density at radius 3 is 2.61 bits per heavy atom. The molecule has 0 radical (unpaired) electrons. The van der Waals surface area contributed by atoms with Gasteiger partial charge in [-0.05, 0) is 72.2 Å². The van der Waals surface area contributed by atoms with E-state index in [4.69, 9.17) is 0 Å². The molecule has 2 heterocycles. The molecule has 1 N–H and O–H groups in total. The molecule has 0 spiro atoms. The summed E-state index contributed by atoms with van der Waals surface area (Å²) in [6.45, 7) is 2.56. The summed E-state index contributed by atoms with van der Waals surface area (Å²) >= 11 is 1.27. The van der Waals surface area contributed by atoms with Crippen molar-refractivity contribution in [3.05, 3.63) is 89.7 Å². The number of aliphatic imine (C=N–C) groups is 1. The van der Waals surface area contributed by atoms with Gasteiger partial charge < -0.3 is 10.1 Å². The van der Waals surface area contributed by atoms with Crippen molar-refractivity contribution >= 4 is 34.6 Å². The van der Waals surface area contributed by atoms with Crippen LogP contribution in [-0.4, -0.2) is 50.5 Å². The van der Waals surface area contributed by atoms with E-state index in [-0.39, 0.29) is 17.4 Å². The molecule has 1 fully saturated rings. The number of urea groups is 1. The van der Waals surface area contributed by atoms with Crippen LogP contribution in [0, 0.1) is 0 Å². The van der Waals surface area contributed by atoms with Gasteiger partial charge in [-0.2, -0.15) is 4.99 Å². The van der Waals surface area contributed by atoms with Crippen LogP contribution in [0.25, 0.3) is 17.1 Å². The van der Waals surface area contributed by atoms with Gasteiger partial charge in [0.05, 0.1) is 17.1 Å². The van der Waals surface area contributed by atoms with Crippen LogP contribution < -0.4 is 15.0 Å². The lowest BCUT2D eigenvalue weighted by Crippen LogP contribution is -2.34. The van der Waals surface area contributed by atoms with E-state index < -0.39 is 12.4 Å². The number of aromatic nitrogens is 3. The molecule has 0 saturated carbocycles. The first-order valence-electron chi connectivity index (χ1n) is 14.0. The minimum Gasteiger partial charge on any atom is -0.406 e. The number of carbonyl (C=O) groups is 2. The van der Waals surface area contributed by atoms with Gasteiger partial charge in [-0.1, -0.05) is 55.1 Å². The highest BCUT2D eigenvalue weighted by atomic mass is 32.2. The van der Waals surface area contributed by atoms with Gasteiger partial charge in [0.1, 0.15) is 12.1 Å². The minimum absolute atomic E-state index is 0.0759. The van der Waals surface area contributed by atoms with Crippen LogP contribution in [0.2, 0.25) is 0 Å². The van der Waals surface area contributed by atoms with E-state index in [9.17, 15) is 22.8 Å². The van der Waals surface area contributed by atoms with Gasteiger partial charge in [0.2, 0.25) is 5.91 Å². The zero-order chi connectivity index (χ0) is 30.8. The molecule has 1 aromatic heterocycles. The molecule has 44 heavy (non-hydrogen) atoms. The molecular weight excluding hydrogens is 593 g/mol. The van der Waals surface area contributed by atoms with Gasteiger partial charge in [0, 0.05) is 12.1 Å². The van der Waals surface area contributed by atoms with Crippen LogP contribution in [0.1, 0.15) is 36.0 Å². The molecule has 3 amide bonds. The third-order valence-corrected chi connectivity index (χ3v) is 8.28. The number of alkyl halides is 3. The van der Waals surface area contributed by atoms with E-state index in [1.165, 1.54) is 52.6 Å². The maximum atomic E-state index is 12.7. The monoisotopic (exact) mass is 620 g/mol. The first-order chi connectivity index (χ1) is 21.1. The summed E-state index contributed by atoms with van der Waals surface area (Å²) in [6.07, 6.45) is -0.868. The lowest BCUT2D eigenvalue weighted by molar-refractivity contribution is -0.274. The Balaban J connectivity index is 1.000. The first-order valence-corrected chi connectivity index (χ1v) is 14.9. The third kappa shape index (κ3) is 6.47. The van der Waals surface area contributed by atoms with Crippen molar-refractivity contribution in [1.29, 1.82) is 0 Å². The molecule has 6 rings (SSSR count). The van der Waals surface area contributed by atoms with Gasteiger partial charge in [-0.3, -0.25) is 9.69 Å². The molecule has 1 saturated heterocycles. The van der Waals surface area contributed by atoms with E-state index in [1.807, 2.05) is 36.4 Å². The normalized spacial score (nSPS) is 17.0. The maximum absolute atomic E-state index is 12.7.